The van der Waals surface area contributed by atoms with Gasteiger partial charge in [-0.25, -0.2) is 9.78 Å². The van der Waals surface area contributed by atoms with Crippen LogP contribution in [0, 0.1) is 6.92 Å². The molecule has 0 radical (unpaired) electrons. The van der Waals surface area contributed by atoms with Crippen LogP contribution in [-0.4, -0.2) is 81.0 Å². The minimum Gasteiger partial charge on any atom is -0.390 e. The number of aliphatic hydroxyl groups is 2. The number of pyridine rings is 1. The Morgan fingerprint density at radius 2 is 1.62 bits per heavy atom. The van der Waals surface area contributed by atoms with Gasteiger partial charge in [0, 0.05) is 60.4 Å². The molecule has 1 aliphatic rings. The molecule has 0 saturated carbocycles. The van der Waals surface area contributed by atoms with Gasteiger partial charge in [-0.1, -0.05) is 12.1 Å². The first-order valence-electron chi connectivity index (χ1n) is 16.4. The fourth-order valence-corrected chi connectivity index (χ4v) is 6.41. The summed E-state index contributed by atoms with van der Waals surface area (Å²) in [5.41, 5.74) is 3.54. The summed E-state index contributed by atoms with van der Waals surface area (Å²) < 4.78 is 1.65. The number of carbonyl (C=O) groups excluding carboxylic acids is 2. The van der Waals surface area contributed by atoms with Gasteiger partial charge in [-0.2, -0.15) is 0 Å². The van der Waals surface area contributed by atoms with E-state index >= 15 is 0 Å². The molecule has 0 unspecified atom stereocenters. The van der Waals surface area contributed by atoms with Crippen LogP contribution in [0.5, 0.6) is 0 Å². The maximum absolute atomic E-state index is 13.3. The van der Waals surface area contributed by atoms with Crippen molar-refractivity contribution >= 4 is 40.0 Å². The maximum Gasteiger partial charge on any atom is 0.325 e. The summed E-state index contributed by atoms with van der Waals surface area (Å²) in [6.45, 7) is 12.2. The molecule has 10 heteroatoms. The fourth-order valence-electron chi connectivity index (χ4n) is 6.41. The second-order valence-corrected chi connectivity index (χ2v) is 14.0. The molecular formula is C37H48N6O4. The lowest BCUT2D eigenvalue weighted by Crippen LogP contribution is -2.42. The van der Waals surface area contributed by atoms with Crippen LogP contribution in [-0.2, 0) is 0 Å². The summed E-state index contributed by atoms with van der Waals surface area (Å²) in [5, 5.41) is 27.3. The molecule has 250 valence electrons. The number of piperidine rings is 1. The highest BCUT2D eigenvalue weighted by atomic mass is 16.3. The van der Waals surface area contributed by atoms with Gasteiger partial charge in [-0.3, -0.25) is 9.36 Å². The van der Waals surface area contributed by atoms with E-state index in [1.165, 1.54) is 5.56 Å². The summed E-state index contributed by atoms with van der Waals surface area (Å²) >= 11 is 0. The first-order chi connectivity index (χ1) is 22.2. The van der Waals surface area contributed by atoms with E-state index in [1.807, 2.05) is 81.4 Å². The Bertz CT molecular complexity index is 1710. The van der Waals surface area contributed by atoms with Gasteiger partial charge in [0.15, 0.2) is 0 Å². The standard InChI is InChI=1S/C37H48N6O4/c1-25-21-29-22-30(11-12-32(29)43(25)35(45)38-6)42(20-16-36(2,3)46)31-13-17-39-33(23-31)40-34(44)28-9-7-26(8-10-28)27-14-18-41(19-15-27)24-37(4,5)47/h7-13,17,21-23,27,46-47H,14-16,18-20,24H2,1-6H3,(H,38,45)(H,39,40,44). The molecule has 10 nitrogen and oxygen atoms in total. The SMILES string of the molecule is CNC(=O)n1c(C)cc2cc(N(CCC(C)(C)O)c3ccnc(NC(=O)c4ccc(C5CCN(CC(C)(C)O)CC5)cc4)c3)ccc21. The molecule has 4 aromatic rings. The molecular weight excluding hydrogens is 592 g/mol. The highest BCUT2D eigenvalue weighted by Gasteiger charge is 2.25. The second-order valence-electron chi connectivity index (χ2n) is 14.0. The van der Waals surface area contributed by atoms with E-state index in [4.69, 9.17) is 0 Å². The Balaban J connectivity index is 1.32. The number of anilines is 3. The van der Waals surface area contributed by atoms with Gasteiger partial charge in [0.05, 0.1) is 16.7 Å². The van der Waals surface area contributed by atoms with Crippen LogP contribution in [0.15, 0.2) is 66.9 Å². The van der Waals surface area contributed by atoms with Gasteiger partial charge in [0.25, 0.3) is 5.91 Å². The van der Waals surface area contributed by atoms with E-state index in [0.29, 0.717) is 36.8 Å². The maximum atomic E-state index is 13.3. The van der Waals surface area contributed by atoms with Crippen LogP contribution in [0.25, 0.3) is 10.9 Å². The Morgan fingerprint density at radius 1 is 0.936 bits per heavy atom. The Kier molecular flexibility index (Phi) is 10.0. The number of likely N-dealkylation sites (tertiary alicyclic amines) is 1. The summed E-state index contributed by atoms with van der Waals surface area (Å²) in [7, 11) is 1.61. The molecule has 1 saturated heterocycles. The van der Waals surface area contributed by atoms with Gasteiger partial charge in [-0.15, -0.1) is 0 Å². The third-order valence-electron chi connectivity index (χ3n) is 8.78. The third-order valence-corrected chi connectivity index (χ3v) is 8.78. The average molecular weight is 641 g/mol. The first kappa shape index (κ1) is 34.1. The van der Waals surface area contributed by atoms with Crippen molar-refractivity contribution < 1.29 is 19.8 Å². The van der Waals surface area contributed by atoms with Gasteiger partial charge in [0.1, 0.15) is 5.82 Å². The molecule has 3 heterocycles. The molecule has 0 bridgehead atoms. The first-order valence-corrected chi connectivity index (χ1v) is 16.4. The number of benzene rings is 2. The van der Waals surface area contributed by atoms with Crippen molar-refractivity contribution in [3.8, 4) is 0 Å². The lowest BCUT2D eigenvalue weighted by Gasteiger charge is -2.35. The van der Waals surface area contributed by atoms with Crippen LogP contribution >= 0.6 is 0 Å². The van der Waals surface area contributed by atoms with E-state index in [9.17, 15) is 19.8 Å². The Hall–Kier alpha value is -4.25. The number of hydrogen-bond donors (Lipinski definition) is 4. The molecule has 2 aromatic heterocycles. The topological polar surface area (TPSA) is 123 Å². The number of rotatable bonds is 10. The Labute approximate surface area is 277 Å². The minimum absolute atomic E-state index is 0.197. The number of fused-ring (bicyclic) bond motifs is 1. The molecule has 1 aliphatic heterocycles. The van der Waals surface area contributed by atoms with E-state index < -0.39 is 11.2 Å². The van der Waals surface area contributed by atoms with Crippen molar-refractivity contribution in [3.05, 3.63) is 83.7 Å². The van der Waals surface area contributed by atoms with E-state index in [0.717, 1.165) is 53.9 Å². The zero-order chi connectivity index (χ0) is 33.9. The lowest BCUT2D eigenvalue weighted by molar-refractivity contribution is 0.0281. The number of aryl methyl sites for hydroxylation is 1. The highest BCUT2D eigenvalue weighted by Crippen LogP contribution is 2.33. The predicted molar refractivity (Wildman–Crippen MR) is 188 cm³/mol. The number of nitrogens with zero attached hydrogens (tertiary/aromatic N) is 4. The zero-order valence-electron chi connectivity index (χ0n) is 28.4. The number of carbonyl (C=O) groups is 2. The molecule has 47 heavy (non-hydrogen) atoms. The summed E-state index contributed by atoms with van der Waals surface area (Å²) in [6, 6.07) is 19.2. The minimum atomic E-state index is -0.884. The van der Waals surface area contributed by atoms with E-state index in [-0.39, 0.29) is 11.9 Å². The summed E-state index contributed by atoms with van der Waals surface area (Å²) in [4.78, 5) is 34.6. The summed E-state index contributed by atoms with van der Waals surface area (Å²) in [5.74, 6) is 0.618. The molecule has 0 spiro atoms. The van der Waals surface area contributed by atoms with Gasteiger partial charge in [-0.05, 0) is 121 Å². The van der Waals surface area contributed by atoms with Crippen molar-refractivity contribution in [3.63, 3.8) is 0 Å². The largest absolute Gasteiger partial charge is 0.390 e. The zero-order valence-corrected chi connectivity index (χ0v) is 28.4. The molecule has 0 aliphatic carbocycles. The monoisotopic (exact) mass is 640 g/mol. The van der Waals surface area contributed by atoms with Crippen molar-refractivity contribution in [2.24, 2.45) is 0 Å². The Morgan fingerprint density at radius 3 is 2.26 bits per heavy atom. The molecule has 1 fully saturated rings. The predicted octanol–water partition coefficient (Wildman–Crippen LogP) is 6.03. The summed E-state index contributed by atoms with van der Waals surface area (Å²) in [6.07, 6.45) is 4.21. The number of β-amino-alcohol motifs (C(OH)–C–C–N with tert-alkyl or cyclic N) is 1. The van der Waals surface area contributed by atoms with Crippen molar-refractivity contribution in [1.29, 1.82) is 0 Å². The fraction of sp³-hybridized carbons (Fsp3) is 0.432. The van der Waals surface area contributed by atoms with Crippen molar-refractivity contribution in [2.45, 2.75) is 71.0 Å². The molecule has 2 amide bonds. The second kappa shape index (κ2) is 13.9. The van der Waals surface area contributed by atoms with Crippen LogP contribution in [0.2, 0.25) is 0 Å². The van der Waals surface area contributed by atoms with Crippen molar-refractivity contribution in [1.82, 2.24) is 19.8 Å². The number of amides is 2. The number of hydrogen-bond acceptors (Lipinski definition) is 7. The third kappa shape index (κ3) is 8.57. The highest BCUT2D eigenvalue weighted by molar-refractivity contribution is 6.04. The van der Waals surface area contributed by atoms with Crippen LogP contribution in [0.3, 0.4) is 0 Å². The molecule has 0 atom stereocenters. The van der Waals surface area contributed by atoms with Crippen LogP contribution in [0.4, 0.5) is 22.0 Å². The lowest BCUT2D eigenvalue weighted by atomic mass is 9.88. The number of aromatic nitrogens is 2. The average Bonchev–Trinajstić information content (AvgIpc) is 3.35. The number of nitrogens with one attached hydrogen (secondary N) is 2. The van der Waals surface area contributed by atoms with Crippen molar-refractivity contribution in [2.75, 3.05) is 43.4 Å². The van der Waals surface area contributed by atoms with Crippen LogP contribution in [0.1, 0.15) is 74.5 Å². The van der Waals surface area contributed by atoms with Gasteiger partial charge < -0.3 is 30.6 Å². The van der Waals surface area contributed by atoms with E-state index in [2.05, 4.69) is 25.4 Å². The van der Waals surface area contributed by atoms with Crippen LogP contribution < -0.4 is 15.5 Å². The quantitative estimate of drug-likeness (QED) is 0.167. The molecule has 4 N–H and O–H groups in total. The smallest absolute Gasteiger partial charge is 0.325 e. The van der Waals surface area contributed by atoms with Gasteiger partial charge >= 0.3 is 6.03 Å². The molecule has 5 rings (SSSR count). The van der Waals surface area contributed by atoms with Gasteiger partial charge in [0.2, 0.25) is 0 Å². The normalized spacial score (nSPS) is 14.7. The molecule has 2 aromatic carbocycles. The van der Waals surface area contributed by atoms with E-state index in [1.54, 1.807) is 31.7 Å².